The van der Waals surface area contributed by atoms with E-state index in [1.807, 2.05) is 43.7 Å². The fourth-order valence-electron chi connectivity index (χ4n) is 6.74. The summed E-state index contributed by atoms with van der Waals surface area (Å²) in [6.45, 7) is 15.2. The summed E-state index contributed by atoms with van der Waals surface area (Å²) >= 11 is 0. The number of aryl methyl sites for hydroxylation is 1. The first-order valence-corrected chi connectivity index (χ1v) is 15.6. The SMILES string of the molecule is Cc1cnn(C2COC2)c1C1CCN(c2cc(N3CC(N4CCN(C(=O)OC(C)(C)C)CC4)C3C)nc(C(F)(F)F)n2)CC1. The zero-order valence-electron chi connectivity index (χ0n) is 26.2. The Morgan fingerprint density at radius 3 is 2.23 bits per heavy atom. The molecule has 4 aliphatic rings. The number of hydrogen-bond acceptors (Lipinski definition) is 9. The average molecular weight is 621 g/mol. The first-order chi connectivity index (χ1) is 20.8. The summed E-state index contributed by atoms with van der Waals surface area (Å²) < 4.78 is 54.9. The second-order valence-corrected chi connectivity index (χ2v) is 13.5. The number of carbonyl (C=O) groups is 1. The monoisotopic (exact) mass is 620 g/mol. The zero-order valence-corrected chi connectivity index (χ0v) is 26.2. The number of hydrogen-bond donors (Lipinski definition) is 0. The Hall–Kier alpha value is -3.13. The summed E-state index contributed by atoms with van der Waals surface area (Å²) in [5, 5.41) is 4.59. The highest BCUT2D eigenvalue weighted by atomic mass is 19.4. The molecule has 6 rings (SSSR count). The molecule has 0 spiro atoms. The minimum atomic E-state index is -4.65. The number of rotatable bonds is 5. The molecule has 4 aliphatic heterocycles. The summed E-state index contributed by atoms with van der Waals surface area (Å²) in [6, 6.07) is 2.10. The van der Waals surface area contributed by atoms with Gasteiger partial charge >= 0.3 is 12.3 Å². The molecule has 0 aliphatic carbocycles. The van der Waals surface area contributed by atoms with Gasteiger partial charge in [-0.3, -0.25) is 9.58 Å². The van der Waals surface area contributed by atoms with Crippen molar-refractivity contribution in [1.82, 2.24) is 29.5 Å². The smallest absolute Gasteiger partial charge is 0.444 e. The Balaban J connectivity index is 1.11. The molecule has 4 fully saturated rings. The van der Waals surface area contributed by atoms with Crippen LogP contribution in [0.2, 0.25) is 0 Å². The van der Waals surface area contributed by atoms with Crippen LogP contribution in [0.4, 0.5) is 29.6 Å². The van der Waals surface area contributed by atoms with Crippen LogP contribution in [0.3, 0.4) is 0 Å². The van der Waals surface area contributed by atoms with Crippen LogP contribution in [0.1, 0.15) is 69.6 Å². The highest BCUT2D eigenvalue weighted by Gasteiger charge is 2.44. The molecule has 14 heteroatoms. The van der Waals surface area contributed by atoms with Gasteiger partial charge in [-0.05, 0) is 53.0 Å². The van der Waals surface area contributed by atoms with E-state index in [9.17, 15) is 18.0 Å². The topological polar surface area (TPSA) is 92.1 Å². The number of alkyl halides is 3. The molecule has 0 bridgehead atoms. The molecule has 0 aromatic carbocycles. The van der Waals surface area contributed by atoms with Crippen molar-refractivity contribution in [3.63, 3.8) is 0 Å². The van der Waals surface area contributed by atoms with Crippen LogP contribution < -0.4 is 9.80 Å². The Labute approximate surface area is 256 Å². The van der Waals surface area contributed by atoms with Crippen molar-refractivity contribution in [3.8, 4) is 0 Å². The van der Waals surface area contributed by atoms with Crippen molar-refractivity contribution in [2.75, 3.05) is 68.8 Å². The van der Waals surface area contributed by atoms with Crippen LogP contribution in [-0.2, 0) is 15.7 Å². The fraction of sp³-hybridized carbons (Fsp3) is 0.733. The number of aromatic nitrogens is 4. The third-order valence-corrected chi connectivity index (χ3v) is 9.31. The number of piperidine rings is 1. The maximum absolute atomic E-state index is 14.0. The molecule has 2 aromatic heterocycles. The molecule has 2 unspecified atom stereocenters. The van der Waals surface area contributed by atoms with Gasteiger partial charge in [-0.15, -0.1) is 0 Å². The molecule has 242 valence electrons. The largest absolute Gasteiger partial charge is 0.451 e. The third kappa shape index (κ3) is 6.19. The van der Waals surface area contributed by atoms with E-state index < -0.39 is 17.6 Å². The molecule has 44 heavy (non-hydrogen) atoms. The standard InChI is InChI=1S/C30H43F3N8O3/c1-19-15-34-41(22-17-43-18-22)26(19)21-6-8-38(9-7-21)24-14-25(36-27(35-24)30(31,32)33)40-16-23(20(40)2)37-10-12-39(13-11-37)28(42)44-29(3,4)5/h14-15,20-23H,6-13,16-18H2,1-5H3. The summed E-state index contributed by atoms with van der Waals surface area (Å²) in [5.74, 6) is -0.197. The number of carbonyl (C=O) groups excluding carboxylic acids is 1. The maximum atomic E-state index is 14.0. The van der Waals surface area contributed by atoms with E-state index in [-0.39, 0.29) is 30.1 Å². The van der Waals surface area contributed by atoms with Crippen molar-refractivity contribution in [2.24, 2.45) is 0 Å². The lowest BCUT2D eigenvalue weighted by Gasteiger charge is -2.53. The number of ether oxygens (including phenoxy) is 2. The fourth-order valence-corrected chi connectivity index (χ4v) is 6.74. The van der Waals surface area contributed by atoms with Gasteiger partial charge in [0.15, 0.2) is 0 Å². The van der Waals surface area contributed by atoms with Gasteiger partial charge in [0.25, 0.3) is 0 Å². The van der Waals surface area contributed by atoms with Crippen molar-refractivity contribution in [2.45, 2.75) is 83.3 Å². The highest BCUT2D eigenvalue weighted by molar-refractivity contribution is 5.68. The van der Waals surface area contributed by atoms with Gasteiger partial charge in [-0.2, -0.15) is 18.3 Å². The zero-order chi connectivity index (χ0) is 31.4. The van der Waals surface area contributed by atoms with Crippen LogP contribution in [0.15, 0.2) is 12.3 Å². The molecule has 2 aromatic rings. The quantitative estimate of drug-likeness (QED) is 0.490. The maximum Gasteiger partial charge on any atom is 0.451 e. The minimum Gasteiger partial charge on any atom is -0.444 e. The van der Waals surface area contributed by atoms with E-state index in [2.05, 4.69) is 31.6 Å². The molecule has 11 nitrogen and oxygen atoms in total. The Kier molecular flexibility index (Phi) is 8.18. The molecular weight excluding hydrogens is 577 g/mol. The van der Waals surface area contributed by atoms with Crippen molar-refractivity contribution >= 4 is 17.7 Å². The number of amides is 1. The first-order valence-electron chi connectivity index (χ1n) is 15.6. The molecule has 1 amide bonds. The molecule has 6 heterocycles. The van der Waals surface area contributed by atoms with Gasteiger partial charge in [0, 0.05) is 75.6 Å². The van der Waals surface area contributed by atoms with Gasteiger partial charge < -0.3 is 24.2 Å². The Morgan fingerprint density at radius 2 is 1.66 bits per heavy atom. The molecule has 0 radical (unpaired) electrons. The van der Waals surface area contributed by atoms with E-state index in [1.54, 1.807) is 11.0 Å². The second kappa shape index (κ2) is 11.7. The summed E-state index contributed by atoms with van der Waals surface area (Å²) in [7, 11) is 0. The van der Waals surface area contributed by atoms with Gasteiger partial charge in [-0.25, -0.2) is 14.8 Å². The number of piperazine rings is 1. The molecule has 4 saturated heterocycles. The van der Waals surface area contributed by atoms with Crippen LogP contribution in [-0.4, -0.2) is 112 Å². The van der Waals surface area contributed by atoms with Gasteiger partial charge in [0.1, 0.15) is 17.2 Å². The van der Waals surface area contributed by atoms with E-state index in [0.717, 1.165) is 18.4 Å². The molecule has 2 atom stereocenters. The third-order valence-electron chi connectivity index (χ3n) is 9.31. The normalized spacial score (nSPS) is 24.3. The van der Waals surface area contributed by atoms with E-state index >= 15 is 0 Å². The molecule has 0 N–H and O–H groups in total. The van der Waals surface area contributed by atoms with E-state index in [4.69, 9.17) is 9.47 Å². The highest BCUT2D eigenvalue weighted by Crippen LogP contribution is 2.38. The van der Waals surface area contributed by atoms with E-state index in [0.29, 0.717) is 70.7 Å². The minimum absolute atomic E-state index is 0.0311. The van der Waals surface area contributed by atoms with Crippen LogP contribution in [0, 0.1) is 6.92 Å². The lowest BCUT2D eigenvalue weighted by molar-refractivity contribution is -0.144. The summed E-state index contributed by atoms with van der Waals surface area (Å²) in [5.41, 5.74) is 1.81. The second-order valence-electron chi connectivity index (χ2n) is 13.5. The lowest BCUT2D eigenvalue weighted by Crippen LogP contribution is -2.68. The predicted octanol–water partition coefficient (Wildman–Crippen LogP) is 4.09. The summed E-state index contributed by atoms with van der Waals surface area (Å²) in [6.07, 6.45) is -1.46. The average Bonchev–Trinajstić information content (AvgIpc) is 3.30. The van der Waals surface area contributed by atoms with Crippen molar-refractivity contribution < 1.29 is 27.4 Å². The Bertz CT molecular complexity index is 1340. The van der Waals surface area contributed by atoms with Gasteiger partial charge in [0.2, 0.25) is 5.82 Å². The number of halogens is 3. The number of anilines is 2. The van der Waals surface area contributed by atoms with Crippen molar-refractivity contribution in [1.29, 1.82) is 0 Å². The lowest BCUT2D eigenvalue weighted by atomic mass is 9.91. The van der Waals surface area contributed by atoms with Crippen molar-refractivity contribution in [3.05, 3.63) is 29.3 Å². The molecular formula is C30H43F3N8O3. The van der Waals surface area contributed by atoms with Crippen LogP contribution in [0.25, 0.3) is 0 Å². The predicted molar refractivity (Wildman–Crippen MR) is 158 cm³/mol. The van der Waals surface area contributed by atoms with Gasteiger partial charge in [0.05, 0.1) is 25.5 Å². The number of nitrogens with zero attached hydrogens (tertiary/aromatic N) is 8. The van der Waals surface area contributed by atoms with Crippen LogP contribution >= 0.6 is 0 Å². The first kappa shape index (κ1) is 30.9. The van der Waals surface area contributed by atoms with Crippen LogP contribution in [0.5, 0.6) is 0 Å². The van der Waals surface area contributed by atoms with Gasteiger partial charge in [-0.1, -0.05) is 0 Å². The summed E-state index contributed by atoms with van der Waals surface area (Å²) in [4.78, 5) is 28.4. The van der Waals surface area contributed by atoms with E-state index in [1.165, 1.54) is 5.69 Å². The Morgan fingerprint density at radius 1 is 1.00 bits per heavy atom. The molecule has 0 saturated carbocycles.